The Morgan fingerprint density at radius 2 is 1.81 bits per heavy atom. The summed E-state index contributed by atoms with van der Waals surface area (Å²) in [6.07, 6.45) is 0.533. The van der Waals surface area contributed by atoms with Gasteiger partial charge >= 0.3 is 0 Å². The maximum Gasteiger partial charge on any atom is 0.296 e. The van der Waals surface area contributed by atoms with E-state index in [2.05, 4.69) is 9.97 Å². The number of nitrogens with zero attached hydrogens (tertiary/aromatic N) is 3. The van der Waals surface area contributed by atoms with Crippen molar-refractivity contribution in [3.8, 4) is 0 Å². The molecule has 0 bridgehead atoms. The molecule has 5 atom stereocenters. The van der Waals surface area contributed by atoms with Crippen LogP contribution in [-0.2, 0) is 24.9 Å². The van der Waals surface area contributed by atoms with Gasteiger partial charge in [-0.25, -0.2) is 9.97 Å². The Morgan fingerprint density at radius 3 is 2.66 bits per heavy atom. The Morgan fingerprint density at radius 1 is 1.03 bits per heavy atom. The predicted molar refractivity (Wildman–Crippen MR) is 109 cm³/mol. The van der Waals surface area contributed by atoms with Crippen LogP contribution in [0.1, 0.15) is 43.0 Å². The number of aryl methyl sites for hydroxylation is 1. The number of ether oxygens (including phenoxy) is 4. The maximum atomic E-state index is 14.5. The van der Waals surface area contributed by atoms with E-state index in [1.54, 1.807) is 18.2 Å². The molecule has 0 radical (unpaired) electrons. The molecule has 7 nitrogen and oxygen atoms in total. The van der Waals surface area contributed by atoms with Gasteiger partial charge in [-0.1, -0.05) is 24.3 Å². The highest BCUT2D eigenvalue weighted by Gasteiger charge is 2.60. The molecule has 3 aliphatic heterocycles. The summed E-state index contributed by atoms with van der Waals surface area (Å²) in [5, 5.41) is 0.910. The lowest BCUT2D eigenvalue weighted by Gasteiger charge is -2.36. The summed E-state index contributed by atoms with van der Waals surface area (Å²) in [6, 6.07) is 8.40. The first-order chi connectivity index (χ1) is 15.3. The van der Waals surface area contributed by atoms with Crippen molar-refractivity contribution in [1.29, 1.82) is 0 Å². The molecule has 0 saturated carbocycles. The highest BCUT2D eigenvalue weighted by atomic mass is 19.3. The summed E-state index contributed by atoms with van der Waals surface area (Å²) in [7, 11) is 0. The van der Waals surface area contributed by atoms with Crippen LogP contribution >= 0.6 is 0 Å². The minimum atomic E-state index is -3.05. The second-order valence-corrected chi connectivity index (χ2v) is 9.00. The van der Waals surface area contributed by atoms with Crippen molar-refractivity contribution in [2.75, 3.05) is 6.61 Å². The lowest BCUT2D eigenvalue weighted by molar-refractivity contribution is -0.222. The summed E-state index contributed by atoms with van der Waals surface area (Å²) in [5.74, 6) is -3.90. The fraction of sp³-hybridized carbons (Fsp3) is 0.478. The van der Waals surface area contributed by atoms with Gasteiger partial charge in [-0.15, -0.1) is 0 Å². The number of aromatic nitrogens is 3. The third-order valence-corrected chi connectivity index (χ3v) is 6.45. The summed E-state index contributed by atoms with van der Waals surface area (Å²) < 4.78 is 55.5. The van der Waals surface area contributed by atoms with Gasteiger partial charge in [-0.3, -0.25) is 0 Å². The van der Waals surface area contributed by atoms with Crippen LogP contribution in [0.2, 0.25) is 0 Å². The molecule has 9 heteroatoms. The maximum absolute atomic E-state index is 14.5. The Hall–Kier alpha value is -2.46. The highest BCUT2D eigenvalue weighted by Crippen LogP contribution is 2.51. The Bertz CT molecular complexity index is 1200. The van der Waals surface area contributed by atoms with Gasteiger partial charge in [0.1, 0.15) is 43.0 Å². The average Bonchev–Trinajstić information content (AvgIpc) is 3.40. The number of fused-ring (bicyclic) bond motifs is 3. The fourth-order valence-corrected chi connectivity index (χ4v) is 5.09. The van der Waals surface area contributed by atoms with E-state index in [0.717, 1.165) is 11.1 Å². The standard InChI is InChI=1S/C23H23F2N3O4/c1-12-13-8-9-28(20(13)27-11-26-12)21-19-18(31-22(2,3)32-19)17(30-21)16-14-6-4-5-7-15(14)23(24,25)10-29-16/h4-9,11,16-19,21H,10H2,1-3H3/t16-,17-,18-,19-,21-/m1/s1. The summed E-state index contributed by atoms with van der Waals surface area (Å²) in [4.78, 5) is 8.69. The first kappa shape index (κ1) is 20.2. The number of alkyl halides is 2. The Balaban J connectivity index is 1.43. The van der Waals surface area contributed by atoms with E-state index in [1.165, 1.54) is 12.4 Å². The van der Waals surface area contributed by atoms with Crippen LogP contribution in [0.3, 0.4) is 0 Å². The molecule has 3 aliphatic rings. The van der Waals surface area contributed by atoms with E-state index in [0.29, 0.717) is 11.2 Å². The Kier molecular flexibility index (Phi) is 4.27. The molecule has 0 aliphatic carbocycles. The zero-order valence-corrected chi connectivity index (χ0v) is 17.9. The lowest BCUT2D eigenvalue weighted by Crippen LogP contribution is -2.40. The number of rotatable bonds is 2. The highest BCUT2D eigenvalue weighted by molar-refractivity contribution is 5.78. The summed E-state index contributed by atoms with van der Waals surface area (Å²) in [6.45, 7) is 4.88. The van der Waals surface area contributed by atoms with Gasteiger partial charge in [-0.2, -0.15) is 8.78 Å². The van der Waals surface area contributed by atoms with Crippen molar-refractivity contribution in [2.24, 2.45) is 0 Å². The van der Waals surface area contributed by atoms with Gasteiger partial charge in [0.25, 0.3) is 5.92 Å². The molecule has 0 spiro atoms. The van der Waals surface area contributed by atoms with Crippen LogP contribution in [0, 0.1) is 6.92 Å². The van der Waals surface area contributed by atoms with Crippen molar-refractivity contribution >= 4 is 11.0 Å². The first-order valence-electron chi connectivity index (χ1n) is 10.6. The predicted octanol–water partition coefficient (Wildman–Crippen LogP) is 4.02. The van der Waals surface area contributed by atoms with Gasteiger partial charge in [0.2, 0.25) is 0 Å². The van der Waals surface area contributed by atoms with Gasteiger partial charge in [0.05, 0.1) is 5.69 Å². The third kappa shape index (κ3) is 2.92. The molecule has 3 aromatic rings. The van der Waals surface area contributed by atoms with E-state index in [9.17, 15) is 8.78 Å². The molecule has 32 heavy (non-hydrogen) atoms. The largest absolute Gasteiger partial charge is 0.364 e. The smallest absolute Gasteiger partial charge is 0.296 e. The van der Waals surface area contributed by atoms with Gasteiger partial charge in [0.15, 0.2) is 12.0 Å². The molecule has 1 aromatic carbocycles. The monoisotopic (exact) mass is 443 g/mol. The molecule has 5 heterocycles. The fourth-order valence-electron chi connectivity index (χ4n) is 5.09. The van der Waals surface area contributed by atoms with Crippen molar-refractivity contribution in [2.45, 2.75) is 63.1 Å². The molecule has 0 unspecified atom stereocenters. The van der Waals surface area contributed by atoms with E-state index < -0.39 is 49.0 Å². The molecule has 2 saturated heterocycles. The second kappa shape index (κ2) is 6.77. The number of halogens is 2. The number of hydrogen-bond donors (Lipinski definition) is 0. The molecule has 0 N–H and O–H groups in total. The lowest BCUT2D eigenvalue weighted by atomic mass is 9.90. The van der Waals surface area contributed by atoms with E-state index in [1.807, 2.05) is 37.6 Å². The van der Waals surface area contributed by atoms with Crippen molar-refractivity contribution in [3.05, 3.63) is 59.7 Å². The quantitative estimate of drug-likeness (QED) is 0.596. The zero-order valence-electron chi connectivity index (χ0n) is 17.9. The van der Waals surface area contributed by atoms with E-state index in [4.69, 9.17) is 18.9 Å². The average molecular weight is 443 g/mol. The molecular formula is C23H23F2N3O4. The normalized spacial score (nSPS) is 32.7. The van der Waals surface area contributed by atoms with Gasteiger partial charge in [0, 0.05) is 17.1 Å². The summed E-state index contributed by atoms with van der Waals surface area (Å²) in [5.41, 5.74) is 1.95. The third-order valence-electron chi connectivity index (χ3n) is 6.45. The van der Waals surface area contributed by atoms with Crippen LogP contribution in [0.15, 0.2) is 42.9 Å². The Labute approximate surface area is 183 Å². The van der Waals surface area contributed by atoms with Crippen molar-refractivity contribution < 1.29 is 27.7 Å². The first-order valence-corrected chi connectivity index (χ1v) is 10.6. The topological polar surface area (TPSA) is 67.6 Å². The van der Waals surface area contributed by atoms with Crippen molar-refractivity contribution in [1.82, 2.24) is 14.5 Å². The molecular weight excluding hydrogens is 420 g/mol. The minimum Gasteiger partial charge on any atom is -0.364 e. The molecule has 0 amide bonds. The number of benzene rings is 1. The minimum absolute atomic E-state index is 0.0344. The molecule has 168 valence electrons. The SMILES string of the molecule is Cc1ncnc2c1ccn2[C@@H]1O[C@H]([C@@H]2OCC(F)(F)c3ccccc32)[C@H]2OC(C)(C)O[C@H]21. The van der Waals surface area contributed by atoms with Crippen LogP contribution < -0.4 is 0 Å². The van der Waals surface area contributed by atoms with E-state index >= 15 is 0 Å². The second-order valence-electron chi connectivity index (χ2n) is 9.00. The van der Waals surface area contributed by atoms with Crippen LogP contribution in [0.5, 0.6) is 0 Å². The van der Waals surface area contributed by atoms with Gasteiger partial charge < -0.3 is 23.5 Å². The summed E-state index contributed by atoms with van der Waals surface area (Å²) >= 11 is 0. The molecule has 6 rings (SSSR count). The van der Waals surface area contributed by atoms with Crippen LogP contribution in [0.25, 0.3) is 11.0 Å². The van der Waals surface area contributed by atoms with Crippen molar-refractivity contribution in [3.63, 3.8) is 0 Å². The molecule has 2 aromatic heterocycles. The van der Waals surface area contributed by atoms with Gasteiger partial charge in [-0.05, 0) is 32.4 Å². The molecule has 2 fully saturated rings. The number of hydrogen-bond acceptors (Lipinski definition) is 6. The van der Waals surface area contributed by atoms with E-state index in [-0.39, 0.29) is 5.56 Å². The van der Waals surface area contributed by atoms with Crippen LogP contribution in [0.4, 0.5) is 8.78 Å². The van der Waals surface area contributed by atoms with Crippen LogP contribution in [-0.4, -0.2) is 45.2 Å². The zero-order chi connectivity index (χ0) is 22.3.